The Bertz CT molecular complexity index is 452. The molecule has 1 rings (SSSR count). The van der Waals surface area contributed by atoms with Crippen LogP contribution in [0.2, 0.25) is 0 Å². The van der Waals surface area contributed by atoms with E-state index in [4.69, 9.17) is 10.7 Å². The minimum atomic E-state index is -3.80. The fourth-order valence-electron chi connectivity index (χ4n) is 0.620. The number of hydrogen-bond donors (Lipinski definition) is 1. The van der Waals surface area contributed by atoms with Crippen LogP contribution >= 0.6 is 26.6 Å². The molecule has 0 fully saturated rings. The van der Waals surface area contributed by atoms with E-state index in [0.717, 1.165) is 12.3 Å². The van der Waals surface area contributed by atoms with Crippen molar-refractivity contribution >= 4 is 35.7 Å². The molecular weight excluding hydrogens is 269 g/mol. The lowest BCUT2D eigenvalue weighted by molar-refractivity contribution is 0.608. The third kappa shape index (κ3) is 2.09. The number of aromatic nitrogens is 1. The zero-order valence-corrected chi connectivity index (χ0v) is 8.70. The van der Waals surface area contributed by atoms with Crippen molar-refractivity contribution in [3.05, 3.63) is 27.1 Å². The van der Waals surface area contributed by atoms with Gasteiger partial charge in [-0.1, -0.05) is 0 Å². The van der Waals surface area contributed by atoms with Gasteiger partial charge in [-0.25, -0.2) is 8.42 Å². The molecule has 0 aliphatic carbocycles. The SMILES string of the molecule is O=c1cc(Br)c(S(=O)(=O)Cl)c[nH]1. The van der Waals surface area contributed by atoms with E-state index in [-0.39, 0.29) is 9.37 Å². The monoisotopic (exact) mass is 271 g/mol. The molecule has 1 aromatic rings. The first kappa shape index (κ1) is 9.76. The van der Waals surface area contributed by atoms with Gasteiger partial charge in [0.15, 0.2) is 0 Å². The second kappa shape index (κ2) is 3.20. The first-order chi connectivity index (χ1) is 5.41. The number of nitrogens with one attached hydrogen (secondary N) is 1. The van der Waals surface area contributed by atoms with Gasteiger partial charge in [-0.2, -0.15) is 0 Å². The molecule has 0 amide bonds. The fourth-order valence-corrected chi connectivity index (χ4v) is 2.74. The molecule has 0 aliphatic heterocycles. The average molecular weight is 273 g/mol. The molecule has 0 saturated carbocycles. The van der Waals surface area contributed by atoms with E-state index >= 15 is 0 Å². The Kier molecular flexibility index (Phi) is 2.60. The zero-order valence-electron chi connectivity index (χ0n) is 5.54. The highest BCUT2D eigenvalue weighted by Crippen LogP contribution is 2.21. The molecule has 0 atom stereocenters. The molecule has 0 aromatic carbocycles. The van der Waals surface area contributed by atoms with E-state index in [1.165, 1.54) is 0 Å². The molecule has 0 bridgehead atoms. The molecule has 4 nitrogen and oxygen atoms in total. The quantitative estimate of drug-likeness (QED) is 0.778. The molecule has 0 unspecified atom stereocenters. The van der Waals surface area contributed by atoms with Crippen molar-refractivity contribution in [3.63, 3.8) is 0 Å². The molecule has 0 spiro atoms. The normalized spacial score (nSPS) is 11.5. The molecule has 0 aliphatic rings. The average Bonchev–Trinajstić information content (AvgIpc) is 1.83. The van der Waals surface area contributed by atoms with Gasteiger partial charge in [-0.15, -0.1) is 0 Å². The van der Waals surface area contributed by atoms with Gasteiger partial charge in [0.1, 0.15) is 4.90 Å². The fraction of sp³-hybridized carbons (Fsp3) is 0. The smallest absolute Gasteiger partial charge is 0.263 e. The van der Waals surface area contributed by atoms with Crippen molar-refractivity contribution in [3.8, 4) is 0 Å². The maximum Gasteiger partial charge on any atom is 0.263 e. The predicted octanol–water partition coefficient (Wildman–Crippen LogP) is 1.06. The first-order valence-electron chi connectivity index (χ1n) is 2.74. The number of pyridine rings is 1. The third-order valence-electron chi connectivity index (χ3n) is 1.10. The Balaban J connectivity index is 3.49. The molecular formula is C5H3BrClNO3S. The maximum atomic E-state index is 10.8. The van der Waals surface area contributed by atoms with Crippen molar-refractivity contribution in [2.45, 2.75) is 4.90 Å². The predicted molar refractivity (Wildman–Crippen MR) is 47.8 cm³/mol. The van der Waals surface area contributed by atoms with E-state index in [0.29, 0.717) is 0 Å². The van der Waals surface area contributed by atoms with Crippen LogP contribution in [0, 0.1) is 0 Å². The summed E-state index contributed by atoms with van der Waals surface area (Å²) < 4.78 is 21.7. The second-order valence-corrected chi connectivity index (χ2v) is 5.34. The van der Waals surface area contributed by atoms with E-state index in [9.17, 15) is 13.2 Å². The van der Waals surface area contributed by atoms with E-state index in [1.54, 1.807) is 0 Å². The number of halogens is 2. The van der Waals surface area contributed by atoms with Gasteiger partial charge in [0, 0.05) is 27.4 Å². The van der Waals surface area contributed by atoms with Gasteiger partial charge in [0.2, 0.25) is 5.56 Å². The Hall–Kier alpha value is -0.330. The Morgan fingerprint density at radius 3 is 2.50 bits per heavy atom. The van der Waals surface area contributed by atoms with Crippen molar-refractivity contribution in [1.29, 1.82) is 0 Å². The van der Waals surface area contributed by atoms with Gasteiger partial charge in [-0.05, 0) is 15.9 Å². The lowest BCUT2D eigenvalue weighted by Crippen LogP contribution is -2.05. The molecule has 12 heavy (non-hydrogen) atoms. The Labute approximate surface area is 81.1 Å². The highest BCUT2D eigenvalue weighted by Gasteiger charge is 2.13. The largest absolute Gasteiger partial charge is 0.328 e. The van der Waals surface area contributed by atoms with Crippen LogP contribution in [-0.4, -0.2) is 13.4 Å². The molecule has 66 valence electrons. The summed E-state index contributed by atoms with van der Waals surface area (Å²) in [6.07, 6.45) is 1.04. The van der Waals surface area contributed by atoms with Gasteiger partial charge in [-0.3, -0.25) is 4.79 Å². The summed E-state index contributed by atoms with van der Waals surface area (Å²) in [5, 5.41) is 0. The van der Waals surface area contributed by atoms with Crippen LogP contribution in [0.15, 0.2) is 26.4 Å². The minimum Gasteiger partial charge on any atom is -0.328 e. The van der Waals surface area contributed by atoms with Crippen molar-refractivity contribution in [1.82, 2.24) is 4.98 Å². The first-order valence-corrected chi connectivity index (χ1v) is 5.84. The maximum absolute atomic E-state index is 10.8. The minimum absolute atomic E-state index is 0.149. The van der Waals surface area contributed by atoms with Crippen molar-refractivity contribution in [2.24, 2.45) is 0 Å². The standard InChI is InChI=1S/C5H3BrClNO3S/c6-3-1-5(9)8-2-4(3)12(7,10)11/h1-2H,(H,8,9). The lowest BCUT2D eigenvalue weighted by atomic mass is 10.5. The summed E-state index contributed by atoms with van der Waals surface area (Å²) in [5.74, 6) is 0. The van der Waals surface area contributed by atoms with Crippen LogP contribution in [0.3, 0.4) is 0 Å². The van der Waals surface area contributed by atoms with E-state index in [2.05, 4.69) is 20.9 Å². The van der Waals surface area contributed by atoms with Crippen LogP contribution in [0.25, 0.3) is 0 Å². The van der Waals surface area contributed by atoms with Gasteiger partial charge in [0.25, 0.3) is 9.05 Å². The Morgan fingerprint density at radius 1 is 1.50 bits per heavy atom. The molecule has 7 heteroatoms. The number of rotatable bonds is 1. The second-order valence-electron chi connectivity index (χ2n) is 1.95. The Morgan fingerprint density at radius 2 is 2.08 bits per heavy atom. The van der Waals surface area contributed by atoms with Crippen LogP contribution in [0.4, 0.5) is 0 Å². The third-order valence-corrected chi connectivity index (χ3v) is 3.38. The molecule has 0 radical (unpaired) electrons. The summed E-state index contributed by atoms with van der Waals surface area (Å²) in [6, 6.07) is 1.09. The van der Waals surface area contributed by atoms with Crippen LogP contribution < -0.4 is 5.56 Å². The van der Waals surface area contributed by atoms with Crippen molar-refractivity contribution in [2.75, 3.05) is 0 Å². The number of hydrogen-bond acceptors (Lipinski definition) is 3. The zero-order chi connectivity index (χ0) is 9.35. The van der Waals surface area contributed by atoms with E-state index < -0.39 is 14.6 Å². The highest BCUT2D eigenvalue weighted by atomic mass is 79.9. The highest BCUT2D eigenvalue weighted by molar-refractivity contribution is 9.10. The number of H-pyrrole nitrogens is 1. The lowest BCUT2D eigenvalue weighted by Gasteiger charge is -1.96. The number of aromatic amines is 1. The summed E-state index contributed by atoms with van der Waals surface area (Å²) in [6.45, 7) is 0. The summed E-state index contributed by atoms with van der Waals surface area (Å²) in [7, 11) is 1.24. The summed E-state index contributed by atoms with van der Waals surface area (Å²) in [4.78, 5) is 12.7. The van der Waals surface area contributed by atoms with Gasteiger partial charge in [0.05, 0.1) is 0 Å². The molecule has 1 heterocycles. The molecule has 0 saturated heterocycles. The topological polar surface area (TPSA) is 67.0 Å². The van der Waals surface area contributed by atoms with Crippen LogP contribution in [-0.2, 0) is 9.05 Å². The summed E-state index contributed by atoms with van der Waals surface area (Å²) >= 11 is 2.90. The van der Waals surface area contributed by atoms with E-state index in [1.807, 2.05) is 0 Å². The molecule has 1 N–H and O–H groups in total. The summed E-state index contributed by atoms with van der Waals surface area (Å²) in [5.41, 5.74) is -0.397. The molecule has 1 aromatic heterocycles. The van der Waals surface area contributed by atoms with Gasteiger partial charge < -0.3 is 4.98 Å². The van der Waals surface area contributed by atoms with Crippen LogP contribution in [0.1, 0.15) is 0 Å². The van der Waals surface area contributed by atoms with Crippen molar-refractivity contribution < 1.29 is 8.42 Å². The van der Waals surface area contributed by atoms with Gasteiger partial charge >= 0.3 is 0 Å². The van der Waals surface area contributed by atoms with Crippen LogP contribution in [0.5, 0.6) is 0 Å².